The SMILES string of the molecule is Cc1cc(C(=O)CCN2CCN(C)CC2)ccc1Cl. The lowest BCUT2D eigenvalue weighted by Gasteiger charge is -2.32. The van der Waals surface area contributed by atoms with Gasteiger partial charge in [0.1, 0.15) is 0 Å². The molecule has 0 spiro atoms. The van der Waals surface area contributed by atoms with Gasteiger partial charge in [-0.1, -0.05) is 11.6 Å². The number of carbonyl (C=O) groups is 1. The molecule has 0 unspecified atom stereocenters. The van der Waals surface area contributed by atoms with Gasteiger partial charge in [-0.15, -0.1) is 0 Å². The van der Waals surface area contributed by atoms with Crippen LogP contribution in [-0.2, 0) is 0 Å². The van der Waals surface area contributed by atoms with E-state index in [-0.39, 0.29) is 5.78 Å². The van der Waals surface area contributed by atoms with Crippen molar-refractivity contribution in [2.45, 2.75) is 13.3 Å². The third-order valence-electron chi connectivity index (χ3n) is 3.73. The summed E-state index contributed by atoms with van der Waals surface area (Å²) in [6, 6.07) is 5.51. The van der Waals surface area contributed by atoms with Crippen molar-refractivity contribution in [3.8, 4) is 0 Å². The van der Waals surface area contributed by atoms with Crippen LogP contribution in [0.25, 0.3) is 0 Å². The zero-order valence-electron chi connectivity index (χ0n) is 11.7. The molecule has 19 heavy (non-hydrogen) atoms. The van der Waals surface area contributed by atoms with Crippen LogP contribution in [0.2, 0.25) is 5.02 Å². The van der Waals surface area contributed by atoms with E-state index in [1.807, 2.05) is 19.1 Å². The minimum Gasteiger partial charge on any atom is -0.304 e. The molecule has 1 aromatic carbocycles. The average Bonchev–Trinajstić information content (AvgIpc) is 2.41. The van der Waals surface area contributed by atoms with Crippen molar-refractivity contribution in [3.05, 3.63) is 34.3 Å². The maximum atomic E-state index is 12.1. The Morgan fingerprint density at radius 3 is 2.58 bits per heavy atom. The molecule has 1 saturated heterocycles. The Labute approximate surface area is 120 Å². The van der Waals surface area contributed by atoms with E-state index in [0.717, 1.165) is 48.9 Å². The first kappa shape index (κ1) is 14.5. The van der Waals surface area contributed by atoms with E-state index < -0.39 is 0 Å². The number of carbonyl (C=O) groups excluding carboxylic acids is 1. The number of Topliss-reactive ketones (excluding diaryl/α,β-unsaturated/α-hetero) is 1. The largest absolute Gasteiger partial charge is 0.304 e. The molecule has 0 bridgehead atoms. The Kier molecular flexibility index (Phi) is 4.97. The van der Waals surface area contributed by atoms with E-state index in [9.17, 15) is 4.79 Å². The van der Waals surface area contributed by atoms with Gasteiger partial charge in [-0.25, -0.2) is 0 Å². The molecule has 2 rings (SSSR count). The number of hydrogen-bond donors (Lipinski definition) is 0. The van der Waals surface area contributed by atoms with Crippen LogP contribution in [0.3, 0.4) is 0 Å². The minimum atomic E-state index is 0.207. The molecule has 0 atom stereocenters. The van der Waals surface area contributed by atoms with Gasteiger partial charge in [0.2, 0.25) is 0 Å². The van der Waals surface area contributed by atoms with E-state index in [2.05, 4.69) is 16.8 Å². The van der Waals surface area contributed by atoms with E-state index in [0.29, 0.717) is 6.42 Å². The van der Waals surface area contributed by atoms with Gasteiger partial charge in [-0.2, -0.15) is 0 Å². The van der Waals surface area contributed by atoms with E-state index in [1.165, 1.54) is 0 Å². The molecule has 0 radical (unpaired) electrons. The van der Waals surface area contributed by atoms with E-state index in [1.54, 1.807) is 6.07 Å². The lowest BCUT2D eigenvalue weighted by atomic mass is 10.1. The fourth-order valence-corrected chi connectivity index (χ4v) is 2.41. The van der Waals surface area contributed by atoms with Gasteiger partial charge in [-0.05, 0) is 37.7 Å². The summed E-state index contributed by atoms with van der Waals surface area (Å²) in [5.41, 5.74) is 1.74. The number of hydrogen-bond acceptors (Lipinski definition) is 3. The third-order valence-corrected chi connectivity index (χ3v) is 4.15. The molecule has 1 aliphatic heterocycles. The summed E-state index contributed by atoms with van der Waals surface area (Å²) in [6.45, 7) is 7.09. The number of benzene rings is 1. The number of piperazine rings is 1. The zero-order valence-corrected chi connectivity index (χ0v) is 12.4. The fourth-order valence-electron chi connectivity index (χ4n) is 2.29. The van der Waals surface area contributed by atoms with Crippen molar-refractivity contribution in [1.82, 2.24) is 9.80 Å². The predicted octanol–water partition coefficient (Wildman–Crippen LogP) is 2.47. The van der Waals surface area contributed by atoms with Crippen molar-refractivity contribution in [2.75, 3.05) is 39.8 Å². The van der Waals surface area contributed by atoms with Crippen LogP contribution in [0.1, 0.15) is 22.3 Å². The molecule has 4 heteroatoms. The van der Waals surface area contributed by atoms with E-state index in [4.69, 9.17) is 11.6 Å². The summed E-state index contributed by atoms with van der Waals surface area (Å²) in [5, 5.41) is 0.718. The summed E-state index contributed by atoms with van der Waals surface area (Å²) in [7, 11) is 2.14. The van der Waals surface area contributed by atoms with Crippen molar-refractivity contribution < 1.29 is 4.79 Å². The highest BCUT2D eigenvalue weighted by atomic mass is 35.5. The Morgan fingerprint density at radius 1 is 1.26 bits per heavy atom. The molecule has 1 aromatic rings. The average molecular weight is 281 g/mol. The Bertz CT molecular complexity index is 453. The maximum absolute atomic E-state index is 12.1. The highest BCUT2D eigenvalue weighted by molar-refractivity contribution is 6.31. The lowest BCUT2D eigenvalue weighted by Crippen LogP contribution is -2.45. The summed E-state index contributed by atoms with van der Waals surface area (Å²) in [4.78, 5) is 16.8. The molecule has 1 fully saturated rings. The molecular weight excluding hydrogens is 260 g/mol. The van der Waals surface area contributed by atoms with Gasteiger partial charge < -0.3 is 9.80 Å². The first-order valence-electron chi connectivity index (χ1n) is 6.76. The number of nitrogens with zero attached hydrogens (tertiary/aromatic N) is 2. The van der Waals surface area contributed by atoms with Crippen LogP contribution >= 0.6 is 11.6 Å². The van der Waals surface area contributed by atoms with Crippen molar-refractivity contribution in [2.24, 2.45) is 0 Å². The number of rotatable bonds is 4. The highest BCUT2D eigenvalue weighted by Gasteiger charge is 2.15. The van der Waals surface area contributed by atoms with Crippen LogP contribution in [0.15, 0.2) is 18.2 Å². The molecular formula is C15H21ClN2O. The van der Waals surface area contributed by atoms with Gasteiger partial charge in [0.15, 0.2) is 5.78 Å². The second-order valence-corrected chi connectivity index (χ2v) is 5.69. The molecule has 0 amide bonds. The van der Waals surface area contributed by atoms with Gasteiger partial charge >= 0.3 is 0 Å². The van der Waals surface area contributed by atoms with Crippen LogP contribution in [0.5, 0.6) is 0 Å². The Morgan fingerprint density at radius 2 is 1.95 bits per heavy atom. The second-order valence-electron chi connectivity index (χ2n) is 5.28. The standard InChI is InChI=1S/C15H21ClN2O/c1-12-11-13(3-4-14(12)16)15(19)5-6-18-9-7-17(2)8-10-18/h3-4,11H,5-10H2,1-2H3. The number of halogens is 1. The molecule has 1 aliphatic rings. The number of aryl methyl sites for hydroxylation is 1. The molecule has 0 N–H and O–H groups in total. The van der Waals surface area contributed by atoms with Gasteiger partial charge in [-0.3, -0.25) is 4.79 Å². The minimum absolute atomic E-state index is 0.207. The molecule has 0 saturated carbocycles. The number of likely N-dealkylation sites (N-methyl/N-ethyl adjacent to an activating group) is 1. The Balaban J connectivity index is 1.85. The zero-order chi connectivity index (χ0) is 13.8. The van der Waals surface area contributed by atoms with Gasteiger partial charge in [0, 0.05) is 49.7 Å². The highest BCUT2D eigenvalue weighted by Crippen LogP contribution is 2.17. The van der Waals surface area contributed by atoms with Gasteiger partial charge in [0.05, 0.1) is 0 Å². The summed E-state index contributed by atoms with van der Waals surface area (Å²) in [6.07, 6.45) is 0.588. The molecule has 104 valence electrons. The predicted molar refractivity (Wildman–Crippen MR) is 79.1 cm³/mol. The van der Waals surface area contributed by atoms with Gasteiger partial charge in [0.25, 0.3) is 0 Å². The Hall–Kier alpha value is -0.900. The van der Waals surface area contributed by atoms with Crippen LogP contribution in [-0.4, -0.2) is 55.4 Å². The van der Waals surface area contributed by atoms with Crippen molar-refractivity contribution in [3.63, 3.8) is 0 Å². The summed E-state index contributed by atoms with van der Waals surface area (Å²) in [5.74, 6) is 0.207. The van der Waals surface area contributed by atoms with Crippen molar-refractivity contribution in [1.29, 1.82) is 0 Å². The van der Waals surface area contributed by atoms with E-state index >= 15 is 0 Å². The van der Waals surface area contributed by atoms with Crippen LogP contribution < -0.4 is 0 Å². The third kappa shape index (κ3) is 4.03. The molecule has 1 heterocycles. The first-order valence-corrected chi connectivity index (χ1v) is 7.14. The lowest BCUT2D eigenvalue weighted by molar-refractivity contribution is 0.0942. The van der Waals surface area contributed by atoms with Crippen molar-refractivity contribution >= 4 is 17.4 Å². The summed E-state index contributed by atoms with van der Waals surface area (Å²) >= 11 is 5.97. The topological polar surface area (TPSA) is 23.6 Å². The maximum Gasteiger partial charge on any atom is 0.164 e. The molecule has 0 aromatic heterocycles. The molecule has 3 nitrogen and oxygen atoms in total. The van der Waals surface area contributed by atoms with Crippen LogP contribution in [0.4, 0.5) is 0 Å². The first-order chi connectivity index (χ1) is 9.06. The molecule has 0 aliphatic carbocycles. The monoisotopic (exact) mass is 280 g/mol. The smallest absolute Gasteiger partial charge is 0.164 e. The quantitative estimate of drug-likeness (QED) is 0.792. The second kappa shape index (κ2) is 6.51. The van der Waals surface area contributed by atoms with Crippen LogP contribution in [0, 0.1) is 6.92 Å². The normalized spacial score (nSPS) is 17.6. The number of ketones is 1. The fraction of sp³-hybridized carbons (Fsp3) is 0.533. The summed E-state index contributed by atoms with van der Waals surface area (Å²) < 4.78 is 0.